The molecule has 1 aliphatic heterocycles. The molecule has 0 amide bonds. The Bertz CT molecular complexity index is 404. The number of hydrogen-bond acceptors (Lipinski definition) is 7. The smallest absolute Gasteiger partial charge is 0.329 e. The Morgan fingerprint density at radius 2 is 2.19 bits per heavy atom. The monoisotopic (exact) mass is 224 g/mol. The minimum atomic E-state index is -0.489. The van der Waals surface area contributed by atoms with Crippen LogP contribution >= 0.6 is 0 Å². The fraction of sp³-hybridized carbons (Fsp3) is 0.500. The largest absolute Gasteiger partial charge is 0.368 e. The Balaban J connectivity index is 2.36. The minimum Gasteiger partial charge on any atom is -0.368 e. The molecule has 1 aromatic heterocycles. The van der Waals surface area contributed by atoms with Crippen LogP contribution in [-0.4, -0.2) is 41.1 Å². The van der Waals surface area contributed by atoms with E-state index < -0.39 is 4.92 Å². The molecule has 0 spiro atoms. The van der Waals surface area contributed by atoms with Gasteiger partial charge in [-0.05, 0) is 0 Å². The second kappa shape index (κ2) is 4.27. The number of rotatable bonds is 2. The van der Waals surface area contributed by atoms with E-state index in [1.807, 2.05) is 4.90 Å². The third kappa shape index (κ3) is 2.01. The number of anilines is 2. The van der Waals surface area contributed by atoms with E-state index in [2.05, 4.69) is 15.3 Å². The van der Waals surface area contributed by atoms with Crippen LogP contribution in [-0.2, 0) is 0 Å². The number of nitrogens with two attached hydrogens (primary N) is 1. The van der Waals surface area contributed by atoms with Crippen molar-refractivity contribution in [3.8, 4) is 0 Å². The van der Waals surface area contributed by atoms with Gasteiger partial charge >= 0.3 is 5.69 Å². The van der Waals surface area contributed by atoms with Gasteiger partial charge in [0.15, 0.2) is 0 Å². The number of nitrogens with zero attached hydrogens (tertiary/aromatic N) is 4. The van der Waals surface area contributed by atoms with Gasteiger partial charge in [0.25, 0.3) is 0 Å². The highest BCUT2D eigenvalue weighted by atomic mass is 16.6. The molecule has 3 N–H and O–H groups in total. The van der Waals surface area contributed by atoms with E-state index >= 15 is 0 Å². The molecule has 86 valence electrons. The standard InChI is InChI=1S/C8H12N6O2/c9-8-11-5-6(14(15)16)7(12-8)13-3-1-10-2-4-13/h5,10H,1-4H2,(H2,9,11,12). The lowest BCUT2D eigenvalue weighted by molar-refractivity contribution is -0.384. The van der Waals surface area contributed by atoms with Gasteiger partial charge in [0.05, 0.1) is 4.92 Å². The zero-order valence-electron chi connectivity index (χ0n) is 8.59. The summed E-state index contributed by atoms with van der Waals surface area (Å²) in [5, 5.41) is 14.0. The molecule has 0 unspecified atom stereocenters. The number of piperazine rings is 1. The van der Waals surface area contributed by atoms with Gasteiger partial charge in [0, 0.05) is 26.2 Å². The number of nitro groups is 1. The molecule has 0 saturated carbocycles. The Kier molecular flexibility index (Phi) is 2.82. The maximum atomic E-state index is 10.8. The van der Waals surface area contributed by atoms with Crippen molar-refractivity contribution in [2.75, 3.05) is 36.8 Å². The fourth-order valence-electron chi connectivity index (χ4n) is 1.62. The summed E-state index contributed by atoms with van der Waals surface area (Å²) in [5.41, 5.74) is 5.35. The van der Waals surface area contributed by atoms with Crippen molar-refractivity contribution in [3.05, 3.63) is 16.3 Å². The van der Waals surface area contributed by atoms with E-state index in [1.165, 1.54) is 0 Å². The first-order valence-corrected chi connectivity index (χ1v) is 4.91. The Morgan fingerprint density at radius 3 is 2.81 bits per heavy atom. The van der Waals surface area contributed by atoms with Crippen molar-refractivity contribution < 1.29 is 4.92 Å². The second-order valence-electron chi connectivity index (χ2n) is 3.43. The third-order valence-electron chi connectivity index (χ3n) is 2.38. The highest BCUT2D eigenvalue weighted by Gasteiger charge is 2.23. The molecule has 1 aromatic rings. The average Bonchev–Trinajstić information content (AvgIpc) is 2.29. The highest BCUT2D eigenvalue weighted by Crippen LogP contribution is 2.25. The van der Waals surface area contributed by atoms with Gasteiger partial charge in [-0.25, -0.2) is 4.98 Å². The first-order valence-electron chi connectivity index (χ1n) is 4.91. The van der Waals surface area contributed by atoms with Gasteiger partial charge in [-0.3, -0.25) is 10.1 Å². The quantitative estimate of drug-likeness (QED) is 0.508. The van der Waals surface area contributed by atoms with E-state index in [9.17, 15) is 10.1 Å². The van der Waals surface area contributed by atoms with Crippen molar-refractivity contribution in [2.45, 2.75) is 0 Å². The topological polar surface area (TPSA) is 110 Å². The third-order valence-corrected chi connectivity index (χ3v) is 2.38. The Morgan fingerprint density at radius 1 is 1.50 bits per heavy atom. The van der Waals surface area contributed by atoms with E-state index in [1.54, 1.807) is 0 Å². The second-order valence-corrected chi connectivity index (χ2v) is 3.43. The van der Waals surface area contributed by atoms with Crippen LogP contribution in [0.3, 0.4) is 0 Å². The molecule has 8 nitrogen and oxygen atoms in total. The first kappa shape index (κ1) is 10.6. The molecule has 2 rings (SSSR count). The SMILES string of the molecule is Nc1ncc([N+](=O)[O-])c(N2CCNCC2)n1. The number of hydrogen-bond donors (Lipinski definition) is 2. The molecule has 16 heavy (non-hydrogen) atoms. The summed E-state index contributed by atoms with van der Waals surface area (Å²) >= 11 is 0. The van der Waals surface area contributed by atoms with Crippen LogP contribution in [0, 0.1) is 10.1 Å². The molecule has 1 fully saturated rings. The molecule has 0 aromatic carbocycles. The zero-order valence-corrected chi connectivity index (χ0v) is 8.59. The number of aromatic nitrogens is 2. The van der Waals surface area contributed by atoms with Crippen LogP contribution in [0.15, 0.2) is 6.20 Å². The van der Waals surface area contributed by atoms with Crippen LogP contribution in [0.25, 0.3) is 0 Å². The molecule has 8 heteroatoms. The lowest BCUT2D eigenvalue weighted by Crippen LogP contribution is -2.44. The summed E-state index contributed by atoms with van der Waals surface area (Å²) < 4.78 is 0. The van der Waals surface area contributed by atoms with Crippen molar-refractivity contribution in [2.24, 2.45) is 0 Å². The van der Waals surface area contributed by atoms with E-state index in [0.29, 0.717) is 18.9 Å². The van der Waals surface area contributed by atoms with Gasteiger partial charge in [-0.2, -0.15) is 4.98 Å². The fourth-order valence-corrected chi connectivity index (χ4v) is 1.62. The molecule has 1 aliphatic rings. The van der Waals surface area contributed by atoms with Crippen LogP contribution in [0.4, 0.5) is 17.5 Å². The van der Waals surface area contributed by atoms with Gasteiger partial charge in [0.1, 0.15) is 6.20 Å². The van der Waals surface area contributed by atoms with Crippen LogP contribution < -0.4 is 16.0 Å². The maximum absolute atomic E-state index is 10.8. The van der Waals surface area contributed by atoms with Gasteiger partial charge in [-0.15, -0.1) is 0 Å². The molecular weight excluding hydrogens is 212 g/mol. The van der Waals surface area contributed by atoms with E-state index in [-0.39, 0.29) is 11.6 Å². The Labute approximate surface area is 91.6 Å². The summed E-state index contributed by atoms with van der Waals surface area (Å²) in [4.78, 5) is 19.7. The lowest BCUT2D eigenvalue weighted by atomic mass is 10.3. The predicted octanol–water partition coefficient (Wildman–Crippen LogP) is -0.623. The summed E-state index contributed by atoms with van der Waals surface area (Å²) in [5.74, 6) is 0.359. The normalized spacial score (nSPS) is 16.1. The van der Waals surface area contributed by atoms with Crippen LogP contribution in [0.1, 0.15) is 0 Å². The molecule has 0 atom stereocenters. The summed E-state index contributed by atoms with van der Waals surface area (Å²) in [7, 11) is 0. The maximum Gasteiger partial charge on any atom is 0.329 e. The van der Waals surface area contributed by atoms with Gasteiger partial charge in [0.2, 0.25) is 11.8 Å². The van der Waals surface area contributed by atoms with Crippen LogP contribution in [0.5, 0.6) is 0 Å². The summed E-state index contributed by atoms with van der Waals surface area (Å²) in [6.07, 6.45) is 1.15. The predicted molar refractivity (Wildman–Crippen MR) is 58.2 cm³/mol. The van der Waals surface area contributed by atoms with Gasteiger partial charge in [-0.1, -0.05) is 0 Å². The molecule has 2 heterocycles. The van der Waals surface area contributed by atoms with Crippen molar-refractivity contribution in [1.29, 1.82) is 0 Å². The number of nitrogen functional groups attached to an aromatic ring is 1. The van der Waals surface area contributed by atoms with Crippen molar-refractivity contribution in [1.82, 2.24) is 15.3 Å². The van der Waals surface area contributed by atoms with Crippen molar-refractivity contribution >= 4 is 17.5 Å². The van der Waals surface area contributed by atoms with Gasteiger partial charge < -0.3 is 16.0 Å². The van der Waals surface area contributed by atoms with Crippen LogP contribution in [0.2, 0.25) is 0 Å². The van der Waals surface area contributed by atoms with E-state index in [0.717, 1.165) is 19.3 Å². The lowest BCUT2D eigenvalue weighted by Gasteiger charge is -2.27. The minimum absolute atomic E-state index is 0.0548. The molecule has 0 radical (unpaired) electrons. The zero-order chi connectivity index (χ0) is 11.5. The highest BCUT2D eigenvalue weighted by molar-refractivity contribution is 5.58. The Hall–Kier alpha value is -1.96. The first-order chi connectivity index (χ1) is 7.68. The average molecular weight is 224 g/mol. The molecule has 0 aliphatic carbocycles. The van der Waals surface area contributed by atoms with E-state index in [4.69, 9.17) is 5.73 Å². The molecule has 0 bridgehead atoms. The number of nitrogens with one attached hydrogen (secondary N) is 1. The summed E-state index contributed by atoms with van der Waals surface area (Å²) in [6.45, 7) is 2.91. The molecular formula is C8H12N6O2. The summed E-state index contributed by atoms with van der Waals surface area (Å²) in [6, 6.07) is 0. The molecule has 1 saturated heterocycles. The van der Waals surface area contributed by atoms with Crippen molar-refractivity contribution in [3.63, 3.8) is 0 Å².